The number of benzene rings is 1. The number of halogens is 2. The summed E-state index contributed by atoms with van der Waals surface area (Å²) in [5.74, 6) is -1.04. The van der Waals surface area contributed by atoms with Crippen LogP contribution < -0.4 is 5.32 Å². The van der Waals surface area contributed by atoms with E-state index in [2.05, 4.69) is 21.2 Å². The fourth-order valence-electron chi connectivity index (χ4n) is 1.54. The lowest BCUT2D eigenvalue weighted by Gasteiger charge is -2.04. The lowest BCUT2D eigenvalue weighted by Crippen LogP contribution is -2.08. The molecule has 1 aromatic heterocycles. The Labute approximate surface area is 133 Å². The molecule has 7 heteroatoms. The second-order valence-electron chi connectivity index (χ2n) is 4.00. The number of amides is 1. The number of anilines is 1. The Bertz CT molecular complexity index is 724. The molecule has 0 fully saturated rings. The summed E-state index contributed by atoms with van der Waals surface area (Å²) in [5.41, 5.74) is 0.298. The molecule has 0 unspecified atom stereocenters. The Morgan fingerprint density at radius 1 is 1.29 bits per heavy atom. The smallest absolute Gasteiger partial charge is 0.335 e. The highest BCUT2D eigenvalue weighted by atomic mass is 79.9. The van der Waals surface area contributed by atoms with Crippen LogP contribution in [0.15, 0.2) is 45.5 Å². The number of carboxylic acids is 1. The molecule has 2 rings (SSSR count). The fraction of sp³-hybridized carbons (Fsp3) is 0. The van der Waals surface area contributed by atoms with Crippen molar-refractivity contribution < 1.29 is 19.1 Å². The summed E-state index contributed by atoms with van der Waals surface area (Å²) >= 11 is 8.95. The van der Waals surface area contributed by atoms with E-state index >= 15 is 0 Å². The number of carboxylic acid groups (broad SMARTS) is 1. The van der Waals surface area contributed by atoms with Gasteiger partial charge < -0.3 is 14.8 Å². The molecule has 0 saturated carbocycles. The van der Waals surface area contributed by atoms with Gasteiger partial charge in [-0.2, -0.15) is 0 Å². The Balaban J connectivity index is 2.09. The van der Waals surface area contributed by atoms with Gasteiger partial charge in [-0.25, -0.2) is 4.79 Å². The average molecular weight is 371 g/mol. The van der Waals surface area contributed by atoms with Crippen molar-refractivity contribution in [2.75, 3.05) is 5.32 Å². The molecule has 0 aliphatic carbocycles. The van der Waals surface area contributed by atoms with Gasteiger partial charge in [-0.15, -0.1) is 0 Å². The highest BCUT2D eigenvalue weighted by Gasteiger charge is 2.07. The first-order valence-corrected chi connectivity index (χ1v) is 6.89. The molecule has 1 heterocycles. The first-order chi connectivity index (χ1) is 9.94. The van der Waals surface area contributed by atoms with Gasteiger partial charge >= 0.3 is 5.97 Å². The van der Waals surface area contributed by atoms with E-state index < -0.39 is 11.9 Å². The van der Waals surface area contributed by atoms with Crippen LogP contribution in [0.3, 0.4) is 0 Å². The van der Waals surface area contributed by atoms with Gasteiger partial charge in [0.05, 0.1) is 5.56 Å². The predicted octanol–water partition coefficient (Wildman–Crippen LogP) is 4.05. The number of rotatable bonds is 4. The van der Waals surface area contributed by atoms with Crippen molar-refractivity contribution in [2.24, 2.45) is 0 Å². The Kier molecular flexibility index (Phi) is 4.82. The summed E-state index contributed by atoms with van der Waals surface area (Å²) in [4.78, 5) is 22.6. The van der Waals surface area contributed by atoms with Crippen molar-refractivity contribution in [3.05, 3.63) is 57.4 Å². The average Bonchev–Trinajstić information content (AvgIpc) is 2.81. The van der Waals surface area contributed by atoms with Gasteiger partial charge in [-0.3, -0.25) is 4.79 Å². The summed E-state index contributed by atoms with van der Waals surface area (Å²) in [6.07, 6.45) is 2.76. The number of furan rings is 1. The number of carbonyl (C=O) groups excluding carboxylic acids is 1. The van der Waals surface area contributed by atoms with Gasteiger partial charge in [0, 0.05) is 16.8 Å². The van der Waals surface area contributed by atoms with Gasteiger partial charge in [-0.05, 0) is 52.3 Å². The Morgan fingerprint density at radius 3 is 2.67 bits per heavy atom. The van der Waals surface area contributed by atoms with E-state index in [0.29, 0.717) is 16.1 Å². The van der Waals surface area contributed by atoms with Crippen LogP contribution >= 0.6 is 27.5 Å². The molecule has 0 radical (unpaired) electrons. The van der Waals surface area contributed by atoms with E-state index in [1.54, 1.807) is 12.1 Å². The van der Waals surface area contributed by atoms with Crippen LogP contribution in [0.4, 0.5) is 5.69 Å². The van der Waals surface area contributed by atoms with E-state index in [1.165, 1.54) is 30.4 Å². The highest BCUT2D eigenvalue weighted by molar-refractivity contribution is 9.10. The van der Waals surface area contributed by atoms with Crippen LogP contribution in [-0.4, -0.2) is 17.0 Å². The van der Waals surface area contributed by atoms with Crippen molar-refractivity contribution in [3.8, 4) is 0 Å². The van der Waals surface area contributed by atoms with Gasteiger partial charge in [0.25, 0.3) is 0 Å². The lowest BCUT2D eigenvalue weighted by molar-refractivity contribution is -0.111. The predicted molar refractivity (Wildman–Crippen MR) is 82.5 cm³/mol. The van der Waals surface area contributed by atoms with Crippen LogP contribution in [0.1, 0.15) is 16.1 Å². The molecule has 2 N–H and O–H groups in total. The number of hydrogen-bond donors (Lipinski definition) is 2. The van der Waals surface area contributed by atoms with Gasteiger partial charge in [0.15, 0.2) is 4.67 Å². The maximum Gasteiger partial charge on any atom is 0.335 e. The quantitative estimate of drug-likeness (QED) is 0.796. The minimum absolute atomic E-state index is 0.00301. The molecule has 0 spiro atoms. The standard InChI is InChI=1S/C14H9BrClNO4/c15-12-3-1-11(21-12)2-4-13(18)17-10-6-8(14(19)20)5-9(16)7-10/h1-7H,(H,17,18)(H,19,20)/b4-2+. The van der Waals surface area contributed by atoms with Crippen molar-refractivity contribution in [1.29, 1.82) is 0 Å². The summed E-state index contributed by atoms with van der Waals surface area (Å²) in [6, 6.07) is 7.48. The van der Waals surface area contributed by atoms with Crippen molar-refractivity contribution in [3.63, 3.8) is 0 Å². The van der Waals surface area contributed by atoms with Crippen LogP contribution in [-0.2, 0) is 4.79 Å². The monoisotopic (exact) mass is 369 g/mol. The zero-order chi connectivity index (χ0) is 15.4. The SMILES string of the molecule is O=C(/C=C/c1ccc(Br)o1)Nc1cc(Cl)cc(C(=O)O)c1. The van der Waals surface area contributed by atoms with Gasteiger partial charge in [0.2, 0.25) is 5.91 Å². The Hall–Kier alpha value is -2.05. The Morgan fingerprint density at radius 2 is 2.05 bits per heavy atom. The number of aromatic carboxylic acids is 1. The second kappa shape index (κ2) is 6.60. The minimum Gasteiger partial charge on any atom is -0.478 e. The van der Waals surface area contributed by atoms with E-state index in [0.717, 1.165) is 0 Å². The second-order valence-corrected chi connectivity index (χ2v) is 5.22. The lowest BCUT2D eigenvalue weighted by atomic mass is 10.2. The number of hydrogen-bond acceptors (Lipinski definition) is 3. The van der Waals surface area contributed by atoms with Crippen molar-refractivity contribution in [2.45, 2.75) is 0 Å². The normalized spacial score (nSPS) is 10.8. The first kappa shape index (κ1) is 15.3. The molecule has 1 amide bonds. The summed E-state index contributed by atoms with van der Waals surface area (Å²) in [7, 11) is 0. The van der Waals surface area contributed by atoms with Crippen LogP contribution in [0, 0.1) is 0 Å². The van der Waals surface area contributed by atoms with Crippen LogP contribution in [0.2, 0.25) is 5.02 Å². The summed E-state index contributed by atoms with van der Waals surface area (Å²) in [6.45, 7) is 0. The molecule has 0 bridgehead atoms. The number of carbonyl (C=O) groups is 2. The number of nitrogens with one attached hydrogen (secondary N) is 1. The van der Waals surface area contributed by atoms with Crippen molar-refractivity contribution >= 4 is 51.2 Å². The zero-order valence-corrected chi connectivity index (χ0v) is 12.8. The molecule has 0 aliphatic heterocycles. The molecule has 1 aromatic carbocycles. The van der Waals surface area contributed by atoms with E-state index in [-0.39, 0.29) is 10.6 Å². The first-order valence-electron chi connectivity index (χ1n) is 5.72. The molecule has 5 nitrogen and oxygen atoms in total. The van der Waals surface area contributed by atoms with Gasteiger partial charge in [-0.1, -0.05) is 11.6 Å². The van der Waals surface area contributed by atoms with Crippen LogP contribution in [0.5, 0.6) is 0 Å². The topological polar surface area (TPSA) is 79.5 Å². The molecular weight excluding hydrogens is 362 g/mol. The largest absolute Gasteiger partial charge is 0.478 e. The third kappa shape index (κ3) is 4.47. The minimum atomic E-state index is -1.12. The fourth-order valence-corrected chi connectivity index (χ4v) is 2.10. The third-order valence-corrected chi connectivity index (χ3v) is 3.05. The van der Waals surface area contributed by atoms with E-state index in [9.17, 15) is 9.59 Å². The highest BCUT2D eigenvalue weighted by Crippen LogP contribution is 2.19. The van der Waals surface area contributed by atoms with Crippen molar-refractivity contribution in [1.82, 2.24) is 0 Å². The molecule has 0 saturated heterocycles. The van der Waals surface area contributed by atoms with E-state index in [4.69, 9.17) is 21.1 Å². The van der Waals surface area contributed by atoms with Gasteiger partial charge in [0.1, 0.15) is 5.76 Å². The maximum absolute atomic E-state index is 11.7. The molecule has 0 aliphatic rings. The molecular formula is C14H9BrClNO4. The van der Waals surface area contributed by atoms with Crippen LogP contribution in [0.25, 0.3) is 6.08 Å². The summed E-state index contributed by atoms with van der Waals surface area (Å²) < 4.78 is 5.76. The van der Waals surface area contributed by atoms with E-state index in [1.807, 2.05) is 0 Å². The maximum atomic E-state index is 11.7. The molecule has 2 aromatic rings. The molecule has 21 heavy (non-hydrogen) atoms. The molecule has 108 valence electrons. The third-order valence-electron chi connectivity index (χ3n) is 2.41. The summed E-state index contributed by atoms with van der Waals surface area (Å²) in [5, 5.41) is 11.7. The zero-order valence-electron chi connectivity index (χ0n) is 10.5. The molecule has 0 atom stereocenters.